The van der Waals surface area contributed by atoms with Crippen LogP contribution in [0, 0.1) is 13.8 Å². The first-order chi connectivity index (χ1) is 8.50. The lowest BCUT2D eigenvalue weighted by Crippen LogP contribution is -1.99. The highest BCUT2D eigenvalue weighted by Crippen LogP contribution is 2.35. The summed E-state index contributed by atoms with van der Waals surface area (Å²) in [6.45, 7) is 4.13. The summed E-state index contributed by atoms with van der Waals surface area (Å²) in [5.74, 6) is 0. The Morgan fingerprint density at radius 2 is 1.50 bits per heavy atom. The second-order valence-corrected chi connectivity index (χ2v) is 5.59. The molecule has 2 aromatic rings. The monoisotopic (exact) mass is 298 g/mol. The van der Waals surface area contributed by atoms with Crippen LogP contribution in [0.1, 0.15) is 27.6 Å². The Balaban J connectivity index is 2.48. The third-order valence-electron chi connectivity index (χ3n) is 3.03. The molecule has 0 fully saturated rings. The molecule has 0 saturated heterocycles. The fraction of sp³-hybridized carbons (Fsp3) is 0.200. The minimum atomic E-state index is -0.207. The van der Waals surface area contributed by atoms with Crippen LogP contribution in [0.25, 0.3) is 0 Å². The molecule has 0 spiro atoms. The first-order valence-corrected chi connectivity index (χ1v) is 6.85. The van der Waals surface area contributed by atoms with Crippen LogP contribution in [0.5, 0.6) is 0 Å². The van der Waals surface area contributed by atoms with Crippen molar-refractivity contribution in [2.24, 2.45) is 0 Å². The van der Waals surface area contributed by atoms with Crippen molar-refractivity contribution in [3.63, 3.8) is 0 Å². The molecule has 1 atom stereocenters. The van der Waals surface area contributed by atoms with E-state index in [0.29, 0.717) is 10.0 Å². The zero-order chi connectivity index (χ0) is 13.3. The Bertz CT molecular complexity index is 556. The number of alkyl halides is 1. The van der Waals surface area contributed by atoms with E-state index in [-0.39, 0.29) is 5.38 Å². The first kappa shape index (κ1) is 13.7. The lowest BCUT2D eigenvalue weighted by atomic mass is 9.96. The van der Waals surface area contributed by atoms with Crippen molar-refractivity contribution in [3.8, 4) is 0 Å². The molecule has 0 saturated carbocycles. The summed E-state index contributed by atoms with van der Waals surface area (Å²) in [6, 6.07) is 11.7. The van der Waals surface area contributed by atoms with Crippen LogP contribution in [0.2, 0.25) is 10.0 Å². The summed E-state index contributed by atoms with van der Waals surface area (Å²) in [6.07, 6.45) is 0. The van der Waals surface area contributed by atoms with Crippen molar-refractivity contribution in [1.82, 2.24) is 0 Å². The molecule has 0 aliphatic heterocycles. The van der Waals surface area contributed by atoms with Gasteiger partial charge in [-0.15, -0.1) is 11.6 Å². The van der Waals surface area contributed by atoms with Crippen LogP contribution < -0.4 is 0 Å². The second-order valence-electron chi connectivity index (χ2n) is 4.34. The normalized spacial score (nSPS) is 12.5. The zero-order valence-electron chi connectivity index (χ0n) is 10.2. The summed E-state index contributed by atoms with van der Waals surface area (Å²) in [4.78, 5) is 0. The number of hydrogen-bond acceptors (Lipinski definition) is 0. The number of rotatable bonds is 2. The molecule has 0 aliphatic rings. The molecule has 94 valence electrons. The quantitative estimate of drug-likeness (QED) is 0.602. The van der Waals surface area contributed by atoms with Crippen molar-refractivity contribution >= 4 is 34.8 Å². The minimum absolute atomic E-state index is 0.207. The highest BCUT2D eigenvalue weighted by atomic mass is 35.5. The topological polar surface area (TPSA) is 0 Å². The van der Waals surface area contributed by atoms with Crippen molar-refractivity contribution in [2.75, 3.05) is 0 Å². The van der Waals surface area contributed by atoms with Crippen LogP contribution in [0.3, 0.4) is 0 Å². The van der Waals surface area contributed by atoms with Gasteiger partial charge in [0.15, 0.2) is 0 Å². The van der Waals surface area contributed by atoms with Crippen LogP contribution in [-0.2, 0) is 0 Å². The van der Waals surface area contributed by atoms with Gasteiger partial charge in [-0.2, -0.15) is 0 Å². The van der Waals surface area contributed by atoms with E-state index >= 15 is 0 Å². The van der Waals surface area contributed by atoms with Crippen LogP contribution >= 0.6 is 34.8 Å². The van der Waals surface area contributed by atoms with Crippen LogP contribution in [-0.4, -0.2) is 0 Å². The van der Waals surface area contributed by atoms with Gasteiger partial charge in [-0.3, -0.25) is 0 Å². The Kier molecular flexibility index (Phi) is 4.21. The molecule has 0 heterocycles. The van der Waals surface area contributed by atoms with E-state index in [2.05, 4.69) is 26.0 Å². The standard InChI is InChI=1S/C15H13Cl3/c1-9-4-3-5-10(2)14(9)15(18)11-6-7-12(16)13(17)8-11/h3-8,15H,1-2H3. The molecule has 18 heavy (non-hydrogen) atoms. The number of aryl methyl sites for hydroxylation is 2. The van der Waals surface area contributed by atoms with Crippen molar-refractivity contribution < 1.29 is 0 Å². The van der Waals surface area contributed by atoms with E-state index in [4.69, 9.17) is 34.8 Å². The van der Waals surface area contributed by atoms with Crippen molar-refractivity contribution in [3.05, 3.63) is 68.7 Å². The molecule has 0 bridgehead atoms. The van der Waals surface area contributed by atoms with Gasteiger partial charge in [0, 0.05) is 0 Å². The lowest BCUT2D eigenvalue weighted by molar-refractivity contribution is 1.08. The predicted octanol–water partition coefficient (Wildman–Crippen LogP) is 5.94. The van der Waals surface area contributed by atoms with Gasteiger partial charge in [0.1, 0.15) is 0 Å². The van der Waals surface area contributed by atoms with Gasteiger partial charge < -0.3 is 0 Å². The Hall–Kier alpha value is -0.690. The number of hydrogen-bond donors (Lipinski definition) is 0. The van der Waals surface area contributed by atoms with Gasteiger partial charge in [0.2, 0.25) is 0 Å². The van der Waals surface area contributed by atoms with Gasteiger partial charge in [-0.1, -0.05) is 47.5 Å². The molecule has 2 aromatic carbocycles. The molecule has 3 heteroatoms. The smallest absolute Gasteiger partial charge is 0.0841 e. The third-order valence-corrected chi connectivity index (χ3v) is 4.24. The highest BCUT2D eigenvalue weighted by molar-refractivity contribution is 6.42. The van der Waals surface area contributed by atoms with E-state index in [1.807, 2.05) is 18.2 Å². The van der Waals surface area contributed by atoms with Gasteiger partial charge in [-0.05, 0) is 48.2 Å². The third kappa shape index (κ3) is 2.66. The molecular formula is C15H13Cl3. The second kappa shape index (κ2) is 5.52. The molecule has 0 N–H and O–H groups in total. The molecule has 0 amide bonds. The largest absolute Gasteiger partial charge is 0.113 e. The van der Waals surface area contributed by atoms with Crippen LogP contribution in [0.4, 0.5) is 0 Å². The highest BCUT2D eigenvalue weighted by Gasteiger charge is 2.16. The van der Waals surface area contributed by atoms with Gasteiger partial charge in [-0.25, -0.2) is 0 Å². The summed E-state index contributed by atoms with van der Waals surface area (Å²) in [7, 11) is 0. The van der Waals surface area contributed by atoms with E-state index < -0.39 is 0 Å². The maximum absolute atomic E-state index is 6.56. The van der Waals surface area contributed by atoms with E-state index in [0.717, 1.165) is 11.1 Å². The molecule has 2 rings (SSSR count). The molecule has 1 unspecified atom stereocenters. The van der Waals surface area contributed by atoms with Crippen molar-refractivity contribution in [1.29, 1.82) is 0 Å². The predicted molar refractivity (Wildman–Crippen MR) is 80.1 cm³/mol. The average molecular weight is 300 g/mol. The first-order valence-electron chi connectivity index (χ1n) is 5.66. The molecule has 0 aromatic heterocycles. The van der Waals surface area contributed by atoms with E-state index in [9.17, 15) is 0 Å². The maximum atomic E-state index is 6.56. The fourth-order valence-corrected chi connectivity index (χ4v) is 2.85. The number of benzene rings is 2. The summed E-state index contributed by atoms with van der Waals surface area (Å²) >= 11 is 18.5. The summed E-state index contributed by atoms with van der Waals surface area (Å²) in [5, 5.41) is 0.873. The summed E-state index contributed by atoms with van der Waals surface area (Å²) in [5.41, 5.74) is 4.46. The van der Waals surface area contributed by atoms with E-state index in [1.54, 1.807) is 6.07 Å². The maximum Gasteiger partial charge on any atom is 0.0841 e. The Morgan fingerprint density at radius 1 is 0.889 bits per heavy atom. The summed E-state index contributed by atoms with van der Waals surface area (Å²) < 4.78 is 0. The minimum Gasteiger partial charge on any atom is -0.113 e. The van der Waals surface area contributed by atoms with Crippen molar-refractivity contribution in [2.45, 2.75) is 19.2 Å². The Labute approximate surface area is 122 Å². The number of halogens is 3. The average Bonchev–Trinajstić information content (AvgIpc) is 2.32. The molecule has 0 aliphatic carbocycles. The van der Waals surface area contributed by atoms with Gasteiger partial charge in [0.05, 0.1) is 15.4 Å². The Morgan fingerprint density at radius 3 is 2.06 bits per heavy atom. The molecule has 0 nitrogen and oxygen atoms in total. The zero-order valence-corrected chi connectivity index (χ0v) is 12.4. The van der Waals surface area contributed by atoms with Gasteiger partial charge in [0.25, 0.3) is 0 Å². The van der Waals surface area contributed by atoms with Crippen LogP contribution in [0.15, 0.2) is 36.4 Å². The fourth-order valence-electron chi connectivity index (χ4n) is 2.06. The van der Waals surface area contributed by atoms with E-state index in [1.165, 1.54) is 11.1 Å². The lowest BCUT2D eigenvalue weighted by Gasteiger charge is -2.16. The van der Waals surface area contributed by atoms with Gasteiger partial charge >= 0.3 is 0 Å². The molecular weight excluding hydrogens is 287 g/mol. The SMILES string of the molecule is Cc1cccc(C)c1C(Cl)c1ccc(Cl)c(Cl)c1. The molecule has 0 radical (unpaired) electrons.